The van der Waals surface area contributed by atoms with Gasteiger partial charge >= 0.3 is 12.1 Å². The fraction of sp³-hybridized carbons (Fsp3) is 0.241. The number of anilines is 1. The molecule has 0 bridgehead atoms. The van der Waals surface area contributed by atoms with Gasteiger partial charge in [0.25, 0.3) is 5.91 Å². The first kappa shape index (κ1) is 27.3. The SMILES string of the molecule is COc1ccc(Cn2nc(NC(=O)c3cnc(OC)nc3)cc2-c2nc3ccccc3n2C(=O)OC(C)(C)C)cc1. The minimum atomic E-state index is -0.733. The van der Waals surface area contributed by atoms with Crippen LogP contribution in [0.3, 0.4) is 0 Å². The number of rotatable bonds is 7. The van der Waals surface area contributed by atoms with Crippen molar-refractivity contribution in [2.24, 2.45) is 0 Å². The number of para-hydroxylation sites is 2. The summed E-state index contributed by atoms with van der Waals surface area (Å²) in [5, 5.41) is 7.44. The highest BCUT2D eigenvalue weighted by Crippen LogP contribution is 2.29. The Morgan fingerprint density at radius 1 is 0.951 bits per heavy atom. The van der Waals surface area contributed by atoms with Crippen LogP contribution in [0.15, 0.2) is 67.0 Å². The summed E-state index contributed by atoms with van der Waals surface area (Å²) < 4.78 is 19.1. The van der Waals surface area contributed by atoms with Crippen LogP contribution in [0.25, 0.3) is 22.6 Å². The molecule has 0 aliphatic carbocycles. The smallest absolute Gasteiger partial charge is 0.420 e. The number of carbonyl (C=O) groups is 2. The molecule has 41 heavy (non-hydrogen) atoms. The maximum Gasteiger partial charge on any atom is 0.420 e. The molecule has 0 unspecified atom stereocenters. The topological polar surface area (TPSA) is 135 Å². The van der Waals surface area contributed by atoms with Crippen LogP contribution in [0.4, 0.5) is 10.6 Å². The Balaban J connectivity index is 1.59. The second-order valence-electron chi connectivity index (χ2n) is 10.1. The zero-order valence-corrected chi connectivity index (χ0v) is 23.3. The Bertz CT molecular complexity index is 1700. The van der Waals surface area contributed by atoms with E-state index >= 15 is 0 Å². The van der Waals surface area contributed by atoms with Gasteiger partial charge in [0.15, 0.2) is 11.6 Å². The standard InChI is InChI=1S/C29H29N7O5/c1-29(2,3)41-28(38)36-22-9-7-6-8-21(22)32-25(36)23-14-24(33-26(37)19-15-30-27(40-5)31-16-19)34-35(23)17-18-10-12-20(39-4)13-11-18/h6-16H,17H2,1-5H3,(H,33,34,37). The molecule has 0 fully saturated rings. The molecule has 3 aromatic heterocycles. The van der Waals surface area contributed by atoms with Crippen molar-refractivity contribution in [2.75, 3.05) is 19.5 Å². The minimum absolute atomic E-state index is 0.147. The number of carbonyl (C=O) groups excluding carboxylic acids is 2. The summed E-state index contributed by atoms with van der Waals surface area (Å²) in [5.41, 5.74) is 2.07. The van der Waals surface area contributed by atoms with Crippen LogP contribution < -0.4 is 14.8 Å². The van der Waals surface area contributed by atoms with E-state index in [1.807, 2.05) is 42.5 Å². The third-order valence-electron chi connectivity index (χ3n) is 5.95. The highest BCUT2D eigenvalue weighted by Gasteiger charge is 2.26. The molecule has 5 rings (SSSR count). The zero-order chi connectivity index (χ0) is 29.1. The van der Waals surface area contributed by atoms with Crippen molar-refractivity contribution in [1.29, 1.82) is 0 Å². The van der Waals surface area contributed by atoms with Gasteiger partial charge in [-0.25, -0.2) is 24.3 Å². The molecular formula is C29H29N7O5. The molecule has 0 atom stereocenters. The lowest BCUT2D eigenvalue weighted by molar-refractivity contribution is 0.0546. The van der Waals surface area contributed by atoms with Crippen molar-refractivity contribution in [3.63, 3.8) is 0 Å². The second kappa shape index (κ2) is 11.1. The Kier molecular flexibility index (Phi) is 7.38. The van der Waals surface area contributed by atoms with Gasteiger partial charge in [0.1, 0.15) is 17.0 Å². The van der Waals surface area contributed by atoms with Crippen LogP contribution >= 0.6 is 0 Å². The van der Waals surface area contributed by atoms with Gasteiger partial charge in [0.2, 0.25) is 0 Å². The third kappa shape index (κ3) is 6.01. The quantitative estimate of drug-likeness (QED) is 0.301. The number of benzene rings is 2. The lowest BCUT2D eigenvalue weighted by atomic mass is 10.2. The third-order valence-corrected chi connectivity index (χ3v) is 5.95. The van der Waals surface area contributed by atoms with E-state index in [4.69, 9.17) is 19.2 Å². The summed E-state index contributed by atoms with van der Waals surface area (Å²) in [6, 6.07) is 16.6. The molecule has 0 aliphatic rings. The predicted octanol–water partition coefficient (Wildman–Crippen LogP) is 4.79. The molecule has 12 heteroatoms. The lowest BCUT2D eigenvalue weighted by Gasteiger charge is -2.20. The Labute approximate surface area is 235 Å². The number of ether oxygens (including phenoxy) is 3. The van der Waals surface area contributed by atoms with Crippen molar-refractivity contribution in [1.82, 2.24) is 29.3 Å². The van der Waals surface area contributed by atoms with Crippen LogP contribution in [-0.2, 0) is 11.3 Å². The molecule has 12 nitrogen and oxygen atoms in total. The molecule has 1 N–H and O–H groups in total. The molecular weight excluding hydrogens is 526 g/mol. The van der Waals surface area contributed by atoms with E-state index in [-0.39, 0.29) is 17.4 Å². The highest BCUT2D eigenvalue weighted by atomic mass is 16.6. The normalized spacial score (nSPS) is 11.3. The van der Waals surface area contributed by atoms with Crippen molar-refractivity contribution in [2.45, 2.75) is 32.9 Å². The number of fused-ring (bicyclic) bond motifs is 1. The molecule has 1 amide bonds. The summed E-state index contributed by atoms with van der Waals surface area (Å²) in [4.78, 5) is 39.2. The summed E-state index contributed by atoms with van der Waals surface area (Å²) in [7, 11) is 3.04. The molecule has 0 spiro atoms. The molecule has 3 heterocycles. The maximum atomic E-state index is 13.5. The average Bonchev–Trinajstić information content (AvgIpc) is 3.53. The van der Waals surface area contributed by atoms with E-state index in [9.17, 15) is 9.59 Å². The van der Waals surface area contributed by atoms with Gasteiger partial charge in [0.05, 0.1) is 37.4 Å². The van der Waals surface area contributed by atoms with E-state index in [1.54, 1.807) is 44.7 Å². The monoisotopic (exact) mass is 555 g/mol. The van der Waals surface area contributed by atoms with Crippen molar-refractivity contribution in [3.8, 4) is 23.3 Å². The maximum absolute atomic E-state index is 13.5. The fourth-order valence-corrected chi connectivity index (χ4v) is 4.10. The minimum Gasteiger partial charge on any atom is -0.497 e. The Morgan fingerprint density at radius 2 is 1.66 bits per heavy atom. The summed E-state index contributed by atoms with van der Waals surface area (Å²) in [6.45, 7) is 5.72. The molecule has 0 saturated heterocycles. The van der Waals surface area contributed by atoms with E-state index in [2.05, 4.69) is 20.4 Å². The molecule has 0 aliphatic heterocycles. The number of hydrogen-bond donors (Lipinski definition) is 1. The van der Waals surface area contributed by atoms with Crippen LogP contribution in [0.1, 0.15) is 36.7 Å². The van der Waals surface area contributed by atoms with Gasteiger partial charge in [-0.05, 0) is 50.6 Å². The van der Waals surface area contributed by atoms with Gasteiger partial charge in [-0.2, -0.15) is 5.10 Å². The number of hydrogen-bond acceptors (Lipinski definition) is 9. The predicted molar refractivity (Wildman–Crippen MR) is 151 cm³/mol. The lowest BCUT2D eigenvalue weighted by Crippen LogP contribution is -2.27. The Hall–Kier alpha value is -5.26. The second-order valence-corrected chi connectivity index (χ2v) is 10.1. The number of methoxy groups -OCH3 is 2. The first-order valence-electron chi connectivity index (χ1n) is 12.7. The van der Waals surface area contributed by atoms with E-state index in [0.29, 0.717) is 29.1 Å². The van der Waals surface area contributed by atoms with Gasteiger partial charge in [-0.1, -0.05) is 24.3 Å². The van der Waals surface area contributed by atoms with Crippen LogP contribution in [0.5, 0.6) is 11.8 Å². The molecule has 5 aromatic rings. The fourth-order valence-electron chi connectivity index (χ4n) is 4.10. The summed E-state index contributed by atoms with van der Waals surface area (Å²) in [6.07, 6.45) is 2.14. The first-order valence-corrected chi connectivity index (χ1v) is 12.7. The van der Waals surface area contributed by atoms with E-state index in [1.165, 1.54) is 24.1 Å². The average molecular weight is 556 g/mol. The van der Waals surface area contributed by atoms with Gasteiger partial charge in [0, 0.05) is 18.5 Å². The highest BCUT2D eigenvalue weighted by molar-refractivity contribution is 6.03. The molecule has 0 saturated carbocycles. The summed E-state index contributed by atoms with van der Waals surface area (Å²) >= 11 is 0. The number of nitrogens with zero attached hydrogens (tertiary/aromatic N) is 6. The zero-order valence-electron chi connectivity index (χ0n) is 23.3. The van der Waals surface area contributed by atoms with E-state index in [0.717, 1.165) is 11.3 Å². The number of amides is 1. The molecule has 0 radical (unpaired) electrons. The van der Waals surface area contributed by atoms with Crippen LogP contribution in [0, 0.1) is 0 Å². The number of nitrogens with one attached hydrogen (secondary N) is 1. The Morgan fingerprint density at radius 3 is 2.32 bits per heavy atom. The van der Waals surface area contributed by atoms with E-state index < -0.39 is 17.6 Å². The number of imidazole rings is 1. The number of aromatic nitrogens is 6. The van der Waals surface area contributed by atoms with Gasteiger partial charge in [-0.15, -0.1) is 0 Å². The van der Waals surface area contributed by atoms with Crippen molar-refractivity contribution >= 4 is 28.9 Å². The first-order chi connectivity index (χ1) is 19.6. The van der Waals surface area contributed by atoms with Crippen LogP contribution in [-0.4, -0.2) is 61.1 Å². The van der Waals surface area contributed by atoms with Crippen molar-refractivity contribution in [3.05, 3.63) is 78.1 Å². The molecule has 2 aromatic carbocycles. The van der Waals surface area contributed by atoms with Gasteiger partial charge in [-0.3, -0.25) is 9.48 Å². The van der Waals surface area contributed by atoms with Gasteiger partial charge < -0.3 is 19.5 Å². The largest absolute Gasteiger partial charge is 0.497 e. The van der Waals surface area contributed by atoms with Crippen LogP contribution in [0.2, 0.25) is 0 Å². The summed E-state index contributed by atoms with van der Waals surface area (Å²) in [5.74, 6) is 0.816. The molecule has 210 valence electrons. The van der Waals surface area contributed by atoms with Crippen molar-refractivity contribution < 1.29 is 23.8 Å².